The Labute approximate surface area is 148 Å². The van der Waals surface area contributed by atoms with Crippen LogP contribution in [-0.2, 0) is 26.0 Å². The number of sulfonamides is 1. The summed E-state index contributed by atoms with van der Waals surface area (Å²) in [6, 6.07) is 5.60. The number of amides is 1. The molecule has 2 rings (SSSR count). The fourth-order valence-electron chi connectivity index (χ4n) is 2.72. The van der Waals surface area contributed by atoms with Crippen LogP contribution in [0.4, 0.5) is 0 Å². The molecule has 1 aliphatic rings. The summed E-state index contributed by atoms with van der Waals surface area (Å²) in [7, 11) is -3.45. The molecule has 0 unspecified atom stereocenters. The minimum atomic E-state index is -3.45. The number of hydrogen-bond acceptors (Lipinski definition) is 4. The summed E-state index contributed by atoms with van der Waals surface area (Å²) >= 11 is 0. The molecule has 25 heavy (non-hydrogen) atoms. The number of rotatable bonds is 7. The lowest BCUT2D eigenvalue weighted by atomic mass is 10.1. The zero-order chi connectivity index (χ0) is 18.4. The number of carboxylic acid groups (broad SMARTS) is 1. The lowest BCUT2D eigenvalue weighted by Crippen LogP contribution is -2.38. The van der Waals surface area contributed by atoms with E-state index in [0.29, 0.717) is 19.5 Å². The van der Waals surface area contributed by atoms with E-state index in [1.807, 2.05) is 0 Å². The first-order valence-electron chi connectivity index (χ1n) is 8.42. The maximum atomic E-state index is 12.6. The van der Waals surface area contributed by atoms with Crippen LogP contribution in [0.25, 0.3) is 0 Å². The lowest BCUT2D eigenvalue weighted by molar-refractivity contribution is -0.141. The molecular weight excluding hydrogens is 344 g/mol. The molecule has 0 saturated carbocycles. The van der Waals surface area contributed by atoms with Crippen molar-refractivity contribution in [1.82, 2.24) is 9.62 Å². The molecule has 7 nitrogen and oxygen atoms in total. The summed E-state index contributed by atoms with van der Waals surface area (Å²) in [6.45, 7) is 2.53. The third-order valence-corrected chi connectivity index (χ3v) is 6.18. The predicted octanol–water partition coefficient (Wildman–Crippen LogP) is 1.38. The highest BCUT2D eigenvalue weighted by Crippen LogP contribution is 2.21. The van der Waals surface area contributed by atoms with Gasteiger partial charge in [-0.2, -0.15) is 4.31 Å². The molecule has 1 fully saturated rings. The zero-order valence-corrected chi connectivity index (χ0v) is 15.1. The normalized spacial score (nSPS) is 17.0. The molecule has 138 valence electrons. The van der Waals surface area contributed by atoms with E-state index in [-0.39, 0.29) is 17.2 Å². The maximum absolute atomic E-state index is 12.6. The Morgan fingerprint density at radius 3 is 2.32 bits per heavy atom. The van der Waals surface area contributed by atoms with Crippen LogP contribution in [0.15, 0.2) is 29.2 Å². The Morgan fingerprint density at radius 1 is 1.16 bits per heavy atom. The monoisotopic (exact) mass is 368 g/mol. The van der Waals surface area contributed by atoms with Gasteiger partial charge < -0.3 is 10.4 Å². The number of carboxylic acids is 1. The van der Waals surface area contributed by atoms with Gasteiger partial charge >= 0.3 is 5.97 Å². The third kappa shape index (κ3) is 5.27. The number of aryl methyl sites for hydroxylation is 1. The van der Waals surface area contributed by atoms with E-state index in [1.165, 1.54) is 11.2 Å². The maximum Gasteiger partial charge on any atom is 0.325 e. The van der Waals surface area contributed by atoms with E-state index in [1.54, 1.807) is 24.3 Å². The Morgan fingerprint density at radius 2 is 1.76 bits per heavy atom. The van der Waals surface area contributed by atoms with Gasteiger partial charge in [-0.25, -0.2) is 8.42 Å². The summed E-state index contributed by atoms with van der Waals surface area (Å²) < 4.78 is 26.6. The van der Waals surface area contributed by atoms with Crippen LogP contribution in [0.3, 0.4) is 0 Å². The fourth-order valence-corrected chi connectivity index (χ4v) is 4.23. The molecule has 0 aliphatic carbocycles. The van der Waals surface area contributed by atoms with Gasteiger partial charge in [0.05, 0.1) is 4.90 Å². The lowest BCUT2D eigenvalue weighted by Gasteiger charge is -2.25. The quantitative estimate of drug-likeness (QED) is 0.757. The van der Waals surface area contributed by atoms with Crippen molar-refractivity contribution >= 4 is 21.9 Å². The summed E-state index contributed by atoms with van der Waals surface area (Å²) in [4.78, 5) is 22.6. The molecule has 1 aromatic carbocycles. The molecule has 8 heteroatoms. The van der Waals surface area contributed by atoms with Gasteiger partial charge in [-0.3, -0.25) is 9.59 Å². The molecule has 2 N–H and O–H groups in total. The van der Waals surface area contributed by atoms with Crippen molar-refractivity contribution in [2.75, 3.05) is 13.1 Å². The van der Waals surface area contributed by atoms with Crippen LogP contribution >= 0.6 is 0 Å². The van der Waals surface area contributed by atoms with Gasteiger partial charge in [0, 0.05) is 19.5 Å². The average Bonchev–Trinajstić information content (AvgIpc) is 2.61. The number of carbonyl (C=O) groups excluding carboxylic acids is 1. The van der Waals surface area contributed by atoms with Crippen molar-refractivity contribution in [2.24, 2.45) is 0 Å². The minimum absolute atomic E-state index is 0.149. The van der Waals surface area contributed by atoms with Crippen molar-refractivity contribution in [3.8, 4) is 0 Å². The summed E-state index contributed by atoms with van der Waals surface area (Å²) in [5.74, 6) is -1.43. The van der Waals surface area contributed by atoms with Gasteiger partial charge in [0.25, 0.3) is 0 Å². The second-order valence-electron chi connectivity index (χ2n) is 6.24. The van der Waals surface area contributed by atoms with Crippen molar-refractivity contribution in [2.45, 2.75) is 50.0 Å². The third-order valence-electron chi connectivity index (χ3n) is 4.26. The Kier molecular flexibility index (Phi) is 6.55. The van der Waals surface area contributed by atoms with Crippen molar-refractivity contribution in [3.05, 3.63) is 29.8 Å². The fraction of sp³-hybridized carbons (Fsp3) is 0.529. The number of carbonyl (C=O) groups is 2. The van der Waals surface area contributed by atoms with E-state index in [0.717, 1.165) is 24.8 Å². The van der Waals surface area contributed by atoms with Gasteiger partial charge in [0.15, 0.2) is 0 Å². The molecule has 1 aromatic rings. The number of piperidine rings is 1. The van der Waals surface area contributed by atoms with E-state index in [4.69, 9.17) is 5.11 Å². The highest BCUT2D eigenvalue weighted by atomic mass is 32.2. The molecular formula is C17H24N2O5S. The van der Waals surface area contributed by atoms with Crippen molar-refractivity contribution in [3.63, 3.8) is 0 Å². The summed E-state index contributed by atoms with van der Waals surface area (Å²) in [5, 5.41) is 11.1. The first kappa shape index (κ1) is 19.4. The van der Waals surface area contributed by atoms with Crippen molar-refractivity contribution in [1.29, 1.82) is 0 Å². The molecule has 0 aromatic heterocycles. The Balaban J connectivity index is 1.93. The topological polar surface area (TPSA) is 104 Å². The SMILES string of the molecule is C[C@H](NC(=O)CCc1ccc(S(=O)(=O)N2CCCCC2)cc1)C(=O)O. The van der Waals surface area contributed by atoms with Crippen LogP contribution in [0, 0.1) is 0 Å². The summed E-state index contributed by atoms with van der Waals surface area (Å²) in [6.07, 6.45) is 3.41. The molecule has 1 saturated heterocycles. The number of aliphatic carboxylic acids is 1. The first-order valence-corrected chi connectivity index (χ1v) is 9.86. The minimum Gasteiger partial charge on any atom is -0.480 e. The van der Waals surface area contributed by atoms with Gasteiger partial charge in [-0.15, -0.1) is 0 Å². The molecule has 0 spiro atoms. The highest BCUT2D eigenvalue weighted by Gasteiger charge is 2.25. The smallest absolute Gasteiger partial charge is 0.325 e. The molecule has 1 amide bonds. The van der Waals surface area contributed by atoms with Crippen LogP contribution in [0.5, 0.6) is 0 Å². The van der Waals surface area contributed by atoms with E-state index in [9.17, 15) is 18.0 Å². The van der Waals surface area contributed by atoms with Crippen LogP contribution in [0.2, 0.25) is 0 Å². The summed E-state index contributed by atoms with van der Waals surface area (Å²) in [5.41, 5.74) is 0.829. The van der Waals surface area contributed by atoms with Crippen LogP contribution in [0.1, 0.15) is 38.2 Å². The number of hydrogen-bond donors (Lipinski definition) is 2. The number of benzene rings is 1. The van der Waals surface area contributed by atoms with E-state index >= 15 is 0 Å². The Bertz CT molecular complexity index is 709. The molecule has 1 atom stereocenters. The van der Waals surface area contributed by atoms with Gasteiger partial charge in [0.1, 0.15) is 6.04 Å². The Hall–Kier alpha value is -1.93. The number of nitrogens with one attached hydrogen (secondary N) is 1. The average molecular weight is 368 g/mol. The molecule has 1 heterocycles. The van der Waals surface area contributed by atoms with E-state index in [2.05, 4.69) is 5.32 Å². The second kappa shape index (κ2) is 8.44. The van der Waals surface area contributed by atoms with Crippen LogP contribution in [-0.4, -0.2) is 48.8 Å². The zero-order valence-electron chi connectivity index (χ0n) is 14.3. The van der Waals surface area contributed by atoms with E-state index < -0.39 is 22.0 Å². The van der Waals surface area contributed by atoms with Gasteiger partial charge in [-0.05, 0) is 43.9 Å². The van der Waals surface area contributed by atoms with Gasteiger partial charge in [0.2, 0.25) is 15.9 Å². The van der Waals surface area contributed by atoms with Crippen LogP contribution < -0.4 is 5.32 Å². The standard InChI is InChI=1S/C17H24N2O5S/c1-13(17(21)22)18-16(20)10-7-14-5-8-15(9-6-14)25(23,24)19-11-3-2-4-12-19/h5-6,8-9,13H,2-4,7,10-12H2,1H3,(H,18,20)(H,21,22)/t13-/m0/s1. The second-order valence-corrected chi connectivity index (χ2v) is 8.17. The molecule has 0 radical (unpaired) electrons. The number of nitrogens with zero attached hydrogens (tertiary/aromatic N) is 1. The predicted molar refractivity (Wildman–Crippen MR) is 92.6 cm³/mol. The highest BCUT2D eigenvalue weighted by molar-refractivity contribution is 7.89. The molecule has 1 aliphatic heterocycles. The first-order chi connectivity index (χ1) is 11.8. The van der Waals surface area contributed by atoms with Crippen molar-refractivity contribution < 1.29 is 23.1 Å². The largest absolute Gasteiger partial charge is 0.480 e. The molecule has 0 bridgehead atoms. The van der Waals surface area contributed by atoms with Gasteiger partial charge in [-0.1, -0.05) is 18.6 Å².